The molecule has 0 saturated carbocycles. The molecular formula is C25H25FN2O4. The number of rotatable bonds is 6. The molecule has 166 valence electrons. The number of piperidine rings is 1. The number of furan rings is 1. The lowest BCUT2D eigenvalue weighted by molar-refractivity contribution is 0.0695. The molecule has 1 aliphatic rings. The number of likely N-dealkylation sites (tertiary alicyclic amines) is 1. The zero-order valence-electron chi connectivity index (χ0n) is 17.8. The number of nitrogens with zero attached hydrogens (tertiary/aromatic N) is 1. The van der Waals surface area contributed by atoms with Crippen LogP contribution in [-0.4, -0.2) is 35.8 Å². The van der Waals surface area contributed by atoms with Gasteiger partial charge in [0.05, 0.1) is 6.26 Å². The van der Waals surface area contributed by atoms with Crippen LogP contribution >= 0.6 is 0 Å². The van der Waals surface area contributed by atoms with E-state index in [9.17, 15) is 14.0 Å². The second-order valence-corrected chi connectivity index (χ2v) is 7.92. The van der Waals surface area contributed by atoms with E-state index in [0.717, 1.165) is 11.1 Å². The number of carbonyl (C=O) groups is 2. The van der Waals surface area contributed by atoms with Crippen LogP contribution in [-0.2, 0) is 6.61 Å². The van der Waals surface area contributed by atoms with E-state index in [2.05, 4.69) is 5.32 Å². The first kappa shape index (κ1) is 21.6. The van der Waals surface area contributed by atoms with Crippen molar-refractivity contribution in [1.82, 2.24) is 10.2 Å². The highest BCUT2D eigenvalue weighted by molar-refractivity contribution is 5.95. The van der Waals surface area contributed by atoms with Crippen LogP contribution in [0, 0.1) is 12.7 Å². The van der Waals surface area contributed by atoms with Gasteiger partial charge in [0.1, 0.15) is 18.2 Å². The highest BCUT2D eigenvalue weighted by atomic mass is 19.1. The predicted molar refractivity (Wildman–Crippen MR) is 117 cm³/mol. The summed E-state index contributed by atoms with van der Waals surface area (Å²) in [5.41, 5.74) is 2.20. The highest BCUT2D eigenvalue weighted by Gasteiger charge is 2.26. The van der Waals surface area contributed by atoms with Gasteiger partial charge in [-0.1, -0.05) is 18.2 Å². The van der Waals surface area contributed by atoms with Crippen LogP contribution in [0.1, 0.15) is 44.9 Å². The fraction of sp³-hybridized carbons (Fsp3) is 0.280. The molecule has 1 saturated heterocycles. The summed E-state index contributed by atoms with van der Waals surface area (Å²) in [6.07, 6.45) is 2.86. The molecule has 32 heavy (non-hydrogen) atoms. The summed E-state index contributed by atoms with van der Waals surface area (Å²) in [6.45, 7) is 3.23. The van der Waals surface area contributed by atoms with Crippen LogP contribution < -0.4 is 10.1 Å². The van der Waals surface area contributed by atoms with Gasteiger partial charge in [0.25, 0.3) is 11.8 Å². The van der Waals surface area contributed by atoms with Crippen molar-refractivity contribution in [3.8, 4) is 5.75 Å². The number of halogens is 1. The monoisotopic (exact) mass is 436 g/mol. The molecule has 0 bridgehead atoms. The number of amides is 2. The first-order valence-corrected chi connectivity index (χ1v) is 10.6. The number of hydrogen-bond acceptors (Lipinski definition) is 4. The molecule has 0 aliphatic carbocycles. The van der Waals surface area contributed by atoms with Crippen molar-refractivity contribution in [2.45, 2.75) is 32.4 Å². The maximum absolute atomic E-state index is 13.0. The van der Waals surface area contributed by atoms with E-state index in [0.29, 0.717) is 43.0 Å². The Labute approximate surface area is 186 Å². The maximum Gasteiger partial charge on any atom is 0.287 e. The average molecular weight is 436 g/mol. The number of ether oxygens (including phenoxy) is 1. The molecule has 2 heterocycles. The molecule has 1 fully saturated rings. The largest absolute Gasteiger partial charge is 0.489 e. The Kier molecular flexibility index (Phi) is 6.54. The first-order valence-electron chi connectivity index (χ1n) is 10.6. The summed E-state index contributed by atoms with van der Waals surface area (Å²) in [4.78, 5) is 27.1. The second-order valence-electron chi connectivity index (χ2n) is 7.92. The van der Waals surface area contributed by atoms with Crippen molar-refractivity contribution >= 4 is 11.8 Å². The van der Waals surface area contributed by atoms with Gasteiger partial charge in [-0.3, -0.25) is 9.59 Å². The number of nitrogens with one attached hydrogen (secondary N) is 1. The summed E-state index contributed by atoms with van der Waals surface area (Å²) in [5, 5.41) is 2.99. The molecule has 4 rings (SSSR count). The Morgan fingerprint density at radius 3 is 2.56 bits per heavy atom. The zero-order valence-corrected chi connectivity index (χ0v) is 17.8. The third-order valence-corrected chi connectivity index (χ3v) is 5.59. The van der Waals surface area contributed by atoms with Crippen LogP contribution in [0.15, 0.2) is 65.3 Å². The third kappa shape index (κ3) is 5.17. The summed E-state index contributed by atoms with van der Waals surface area (Å²) >= 11 is 0. The van der Waals surface area contributed by atoms with E-state index in [1.54, 1.807) is 47.4 Å². The van der Waals surface area contributed by atoms with Crippen molar-refractivity contribution in [2.75, 3.05) is 13.1 Å². The fourth-order valence-electron chi connectivity index (χ4n) is 3.73. The highest BCUT2D eigenvalue weighted by Crippen LogP contribution is 2.20. The zero-order chi connectivity index (χ0) is 22.5. The Morgan fingerprint density at radius 2 is 1.88 bits per heavy atom. The van der Waals surface area contributed by atoms with E-state index < -0.39 is 0 Å². The minimum absolute atomic E-state index is 0.00132. The molecule has 7 heteroatoms. The summed E-state index contributed by atoms with van der Waals surface area (Å²) in [5.74, 6) is 0.338. The van der Waals surface area contributed by atoms with E-state index in [-0.39, 0.29) is 30.3 Å². The predicted octanol–water partition coefficient (Wildman–Crippen LogP) is 4.34. The van der Waals surface area contributed by atoms with Gasteiger partial charge in [0, 0.05) is 30.3 Å². The van der Waals surface area contributed by atoms with Crippen molar-refractivity contribution in [2.24, 2.45) is 0 Å². The number of aryl methyl sites for hydroxylation is 1. The molecule has 6 nitrogen and oxygen atoms in total. The van der Waals surface area contributed by atoms with Crippen molar-refractivity contribution in [3.63, 3.8) is 0 Å². The van der Waals surface area contributed by atoms with Crippen LogP contribution in [0.3, 0.4) is 0 Å². The lowest BCUT2D eigenvalue weighted by Gasteiger charge is -2.32. The molecule has 1 aliphatic heterocycles. The quantitative estimate of drug-likeness (QED) is 0.624. The van der Waals surface area contributed by atoms with Crippen molar-refractivity contribution in [1.29, 1.82) is 0 Å². The SMILES string of the molecule is Cc1ccoc1C(=O)NC1CCN(C(=O)c2cccc(OCc3ccc(F)cc3)c2)CC1. The van der Waals surface area contributed by atoms with Gasteiger partial charge in [-0.2, -0.15) is 0 Å². The summed E-state index contributed by atoms with van der Waals surface area (Å²) < 4.78 is 24.0. The molecule has 1 N–H and O–H groups in total. The van der Waals surface area contributed by atoms with E-state index in [4.69, 9.17) is 9.15 Å². The molecule has 3 aromatic rings. The summed E-state index contributed by atoms with van der Waals surface area (Å²) in [7, 11) is 0. The number of benzene rings is 2. The standard InChI is InChI=1S/C25H25FN2O4/c1-17-11-14-31-23(17)24(29)27-21-9-12-28(13-10-21)25(30)19-3-2-4-22(15-19)32-16-18-5-7-20(26)8-6-18/h2-8,11,14-15,21H,9-10,12-13,16H2,1H3,(H,27,29). The van der Waals surface area contributed by atoms with E-state index in [1.807, 2.05) is 6.92 Å². The van der Waals surface area contributed by atoms with Crippen molar-refractivity contribution < 1.29 is 23.1 Å². The minimum atomic E-state index is -0.291. The molecule has 0 unspecified atom stereocenters. The van der Waals surface area contributed by atoms with Crippen LogP contribution in [0.5, 0.6) is 5.75 Å². The maximum atomic E-state index is 13.0. The van der Waals surface area contributed by atoms with Crippen molar-refractivity contribution in [3.05, 3.63) is 89.1 Å². The van der Waals surface area contributed by atoms with Crippen LogP contribution in [0.4, 0.5) is 4.39 Å². The van der Waals surface area contributed by atoms with Gasteiger partial charge in [-0.05, 0) is 61.7 Å². The molecule has 1 aromatic heterocycles. The molecular weight excluding hydrogens is 411 g/mol. The van der Waals surface area contributed by atoms with Gasteiger partial charge in [0.15, 0.2) is 5.76 Å². The lowest BCUT2D eigenvalue weighted by Crippen LogP contribution is -2.46. The Hall–Kier alpha value is -3.61. The fourth-order valence-corrected chi connectivity index (χ4v) is 3.73. The minimum Gasteiger partial charge on any atom is -0.489 e. The topological polar surface area (TPSA) is 71.8 Å². The second kappa shape index (κ2) is 9.68. The lowest BCUT2D eigenvalue weighted by atomic mass is 10.0. The van der Waals surface area contributed by atoms with Gasteiger partial charge < -0.3 is 19.4 Å². The van der Waals surface area contributed by atoms with E-state index >= 15 is 0 Å². The van der Waals surface area contributed by atoms with E-state index in [1.165, 1.54) is 18.4 Å². The number of hydrogen-bond donors (Lipinski definition) is 1. The normalized spacial score (nSPS) is 14.2. The smallest absolute Gasteiger partial charge is 0.287 e. The summed E-state index contributed by atoms with van der Waals surface area (Å²) in [6, 6.07) is 14.9. The third-order valence-electron chi connectivity index (χ3n) is 5.59. The Morgan fingerprint density at radius 1 is 1.12 bits per heavy atom. The number of carbonyl (C=O) groups excluding carboxylic acids is 2. The Bertz CT molecular complexity index is 1090. The van der Waals surface area contributed by atoms with Gasteiger partial charge >= 0.3 is 0 Å². The van der Waals surface area contributed by atoms with Crippen LogP contribution in [0.2, 0.25) is 0 Å². The van der Waals surface area contributed by atoms with Gasteiger partial charge in [0.2, 0.25) is 0 Å². The molecule has 2 amide bonds. The average Bonchev–Trinajstić information content (AvgIpc) is 3.25. The molecule has 2 aromatic carbocycles. The van der Waals surface area contributed by atoms with Crippen LogP contribution in [0.25, 0.3) is 0 Å². The molecule has 0 atom stereocenters. The first-order chi connectivity index (χ1) is 15.5. The Balaban J connectivity index is 1.30. The van der Waals surface area contributed by atoms with Gasteiger partial charge in [-0.15, -0.1) is 0 Å². The molecule has 0 radical (unpaired) electrons. The molecule has 0 spiro atoms. The van der Waals surface area contributed by atoms with Gasteiger partial charge in [-0.25, -0.2) is 4.39 Å².